The zero-order valence-corrected chi connectivity index (χ0v) is 7.12. The molecule has 0 aliphatic heterocycles. The monoisotopic (exact) mass is 170 g/mol. The summed E-state index contributed by atoms with van der Waals surface area (Å²) in [5.74, 6) is 0.103. The van der Waals surface area contributed by atoms with Crippen LogP contribution in [-0.2, 0) is 4.74 Å². The maximum atomic E-state index is 12.4. The van der Waals surface area contributed by atoms with E-state index in [0.29, 0.717) is 5.82 Å². The van der Waals surface area contributed by atoms with Crippen LogP contribution >= 0.6 is 0 Å². The summed E-state index contributed by atoms with van der Waals surface area (Å²) in [6.45, 7) is 1.96. The van der Waals surface area contributed by atoms with Gasteiger partial charge in [0.15, 0.2) is 11.6 Å². The molecule has 1 rings (SSSR count). The van der Waals surface area contributed by atoms with E-state index >= 15 is 0 Å². The molecule has 4 heteroatoms. The molecule has 0 amide bonds. The van der Waals surface area contributed by atoms with Crippen molar-refractivity contribution in [2.45, 2.75) is 19.4 Å². The summed E-state index contributed by atoms with van der Waals surface area (Å²) in [6.07, 6.45) is 2.93. The van der Waals surface area contributed by atoms with Crippen molar-refractivity contribution in [2.75, 3.05) is 7.11 Å². The number of hydrogen-bond acceptors (Lipinski definition) is 3. The van der Waals surface area contributed by atoms with Crippen LogP contribution < -0.4 is 0 Å². The maximum Gasteiger partial charge on any atom is 0.159 e. The molecule has 0 fully saturated rings. The molecule has 3 nitrogen and oxygen atoms in total. The standard InChI is InChI=1S/C8H11FN2O/c1-3-7(12-2)8-10-4-6(9)5-11-8/h4-5,7H,3H2,1-2H3/t7-/m0/s1. The van der Waals surface area contributed by atoms with Gasteiger partial charge in [0.2, 0.25) is 0 Å². The number of rotatable bonds is 3. The van der Waals surface area contributed by atoms with E-state index in [9.17, 15) is 4.39 Å². The van der Waals surface area contributed by atoms with Gasteiger partial charge < -0.3 is 4.74 Å². The molecule has 0 bridgehead atoms. The second-order valence-electron chi connectivity index (χ2n) is 2.39. The van der Waals surface area contributed by atoms with Crippen LogP contribution in [0, 0.1) is 5.82 Å². The molecule has 0 saturated heterocycles. The Morgan fingerprint density at radius 3 is 2.50 bits per heavy atom. The first kappa shape index (κ1) is 9.06. The van der Waals surface area contributed by atoms with E-state index in [-0.39, 0.29) is 6.10 Å². The number of hydrogen-bond donors (Lipinski definition) is 0. The van der Waals surface area contributed by atoms with E-state index in [2.05, 4.69) is 9.97 Å². The van der Waals surface area contributed by atoms with Crippen molar-refractivity contribution >= 4 is 0 Å². The third-order valence-electron chi connectivity index (χ3n) is 1.58. The Hall–Kier alpha value is -1.03. The van der Waals surface area contributed by atoms with Crippen molar-refractivity contribution in [3.63, 3.8) is 0 Å². The summed E-state index contributed by atoms with van der Waals surface area (Å²) in [5, 5.41) is 0. The lowest BCUT2D eigenvalue weighted by Gasteiger charge is -2.09. The smallest absolute Gasteiger partial charge is 0.159 e. The first-order valence-electron chi connectivity index (χ1n) is 3.78. The molecule has 0 aliphatic rings. The van der Waals surface area contributed by atoms with Crippen molar-refractivity contribution in [3.05, 3.63) is 24.0 Å². The summed E-state index contributed by atoms with van der Waals surface area (Å²) in [7, 11) is 1.58. The van der Waals surface area contributed by atoms with Crippen LogP contribution in [0.1, 0.15) is 25.3 Å². The quantitative estimate of drug-likeness (QED) is 0.692. The fourth-order valence-electron chi connectivity index (χ4n) is 0.943. The van der Waals surface area contributed by atoms with Crippen LogP contribution in [-0.4, -0.2) is 17.1 Å². The summed E-state index contributed by atoms with van der Waals surface area (Å²) in [6, 6.07) is 0. The van der Waals surface area contributed by atoms with Crippen molar-refractivity contribution in [2.24, 2.45) is 0 Å². The highest BCUT2D eigenvalue weighted by Gasteiger charge is 2.10. The Morgan fingerprint density at radius 1 is 1.50 bits per heavy atom. The van der Waals surface area contributed by atoms with Crippen molar-refractivity contribution in [3.8, 4) is 0 Å². The van der Waals surface area contributed by atoms with Gasteiger partial charge >= 0.3 is 0 Å². The average Bonchev–Trinajstić information content (AvgIpc) is 2.10. The van der Waals surface area contributed by atoms with Crippen molar-refractivity contribution < 1.29 is 9.13 Å². The Bertz CT molecular complexity index is 233. The van der Waals surface area contributed by atoms with Gasteiger partial charge in [-0.3, -0.25) is 0 Å². The topological polar surface area (TPSA) is 35.0 Å². The maximum absolute atomic E-state index is 12.4. The van der Waals surface area contributed by atoms with E-state index in [1.807, 2.05) is 6.92 Å². The molecule has 1 atom stereocenters. The molecule has 0 radical (unpaired) electrons. The zero-order chi connectivity index (χ0) is 8.97. The minimum Gasteiger partial charge on any atom is -0.373 e. The molecule has 0 aromatic carbocycles. The van der Waals surface area contributed by atoms with Gasteiger partial charge in [-0.05, 0) is 6.42 Å². The van der Waals surface area contributed by atoms with Gasteiger partial charge in [0.05, 0.1) is 12.4 Å². The normalized spacial score (nSPS) is 12.9. The van der Waals surface area contributed by atoms with Crippen LogP contribution in [0.5, 0.6) is 0 Å². The summed E-state index contributed by atoms with van der Waals surface area (Å²) in [4.78, 5) is 7.62. The minimum atomic E-state index is -0.426. The van der Waals surface area contributed by atoms with E-state index in [1.165, 1.54) is 0 Å². The first-order valence-corrected chi connectivity index (χ1v) is 3.78. The lowest BCUT2D eigenvalue weighted by molar-refractivity contribution is 0.0923. The molecule has 1 aromatic rings. The third-order valence-corrected chi connectivity index (χ3v) is 1.58. The number of halogens is 1. The Morgan fingerprint density at radius 2 is 2.08 bits per heavy atom. The molecule has 12 heavy (non-hydrogen) atoms. The molecule has 0 unspecified atom stereocenters. The van der Waals surface area contributed by atoms with Crippen molar-refractivity contribution in [1.29, 1.82) is 0 Å². The van der Waals surface area contributed by atoms with Crippen LogP contribution in [0.3, 0.4) is 0 Å². The van der Waals surface area contributed by atoms with Gasteiger partial charge in [0.25, 0.3) is 0 Å². The SMILES string of the molecule is CC[C@H](OC)c1ncc(F)cn1. The minimum absolute atomic E-state index is 0.134. The zero-order valence-electron chi connectivity index (χ0n) is 7.12. The Kier molecular flexibility index (Phi) is 3.10. The van der Waals surface area contributed by atoms with Gasteiger partial charge in [0, 0.05) is 7.11 Å². The second kappa shape index (κ2) is 4.11. The lowest BCUT2D eigenvalue weighted by Crippen LogP contribution is -2.05. The number of aromatic nitrogens is 2. The molecule has 1 heterocycles. The molecule has 0 spiro atoms. The summed E-state index contributed by atoms with van der Waals surface area (Å²) in [5.41, 5.74) is 0. The summed E-state index contributed by atoms with van der Waals surface area (Å²) < 4.78 is 17.5. The molecular formula is C8H11FN2O. The Balaban J connectivity index is 2.80. The predicted molar refractivity (Wildman–Crippen MR) is 42.0 cm³/mol. The number of nitrogens with zero attached hydrogens (tertiary/aromatic N) is 2. The highest BCUT2D eigenvalue weighted by molar-refractivity contribution is 4.94. The second-order valence-corrected chi connectivity index (χ2v) is 2.39. The largest absolute Gasteiger partial charge is 0.373 e. The molecule has 0 N–H and O–H groups in total. The fraction of sp³-hybridized carbons (Fsp3) is 0.500. The molecule has 1 aromatic heterocycles. The van der Waals surface area contributed by atoms with E-state index in [4.69, 9.17) is 4.74 Å². The van der Waals surface area contributed by atoms with Gasteiger partial charge in [-0.25, -0.2) is 14.4 Å². The van der Waals surface area contributed by atoms with Gasteiger partial charge in [-0.2, -0.15) is 0 Å². The van der Waals surface area contributed by atoms with E-state index in [1.54, 1.807) is 7.11 Å². The molecule has 0 saturated carbocycles. The number of ether oxygens (including phenoxy) is 1. The van der Waals surface area contributed by atoms with Gasteiger partial charge in [0.1, 0.15) is 6.10 Å². The van der Waals surface area contributed by atoms with Gasteiger partial charge in [-0.1, -0.05) is 6.92 Å². The molecule has 66 valence electrons. The average molecular weight is 170 g/mol. The highest BCUT2D eigenvalue weighted by atomic mass is 19.1. The van der Waals surface area contributed by atoms with Crippen molar-refractivity contribution in [1.82, 2.24) is 9.97 Å². The lowest BCUT2D eigenvalue weighted by atomic mass is 10.2. The van der Waals surface area contributed by atoms with E-state index in [0.717, 1.165) is 18.8 Å². The predicted octanol–water partition coefficient (Wildman–Crippen LogP) is 1.71. The fourth-order valence-corrected chi connectivity index (χ4v) is 0.943. The summed E-state index contributed by atoms with van der Waals surface area (Å²) >= 11 is 0. The van der Waals surface area contributed by atoms with Crippen LogP contribution in [0.25, 0.3) is 0 Å². The first-order chi connectivity index (χ1) is 5.77. The van der Waals surface area contributed by atoms with Crippen LogP contribution in [0.15, 0.2) is 12.4 Å². The van der Waals surface area contributed by atoms with Gasteiger partial charge in [-0.15, -0.1) is 0 Å². The van der Waals surface area contributed by atoms with Crippen LogP contribution in [0.4, 0.5) is 4.39 Å². The van der Waals surface area contributed by atoms with Crippen LogP contribution in [0.2, 0.25) is 0 Å². The Labute approximate surface area is 70.6 Å². The molecular weight excluding hydrogens is 159 g/mol. The third kappa shape index (κ3) is 1.98. The van der Waals surface area contributed by atoms with E-state index < -0.39 is 5.82 Å². The highest BCUT2D eigenvalue weighted by Crippen LogP contribution is 2.14. The molecule has 0 aliphatic carbocycles. The number of methoxy groups -OCH3 is 1.